The predicted octanol–water partition coefficient (Wildman–Crippen LogP) is 6.72. The van der Waals surface area contributed by atoms with Gasteiger partial charge in [0.15, 0.2) is 0 Å². The van der Waals surface area contributed by atoms with Gasteiger partial charge in [-0.1, -0.05) is 54.1 Å². The third kappa shape index (κ3) is 8.37. The van der Waals surface area contributed by atoms with Gasteiger partial charge in [-0.3, -0.25) is 0 Å². The average Bonchev–Trinajstić information content (AvgIpc) is 2.91. The first-order valence-corrected chi connectivity index (χ1v) is 13.7. The number of carbonyl (C=O) groups excluding carboxylic acids is 1. The van der Waals surface area contributed by atoms with Gasteiger partial charge in [-0.15, -0.1) is 0 Å². The molecule has 4 rings (SSSR count). The molecule has 8 heteroatoms. The molecule has 1 fully saturated rings. The zero-order valence-electron chi connectivity index (χ0n) is 23.1. The van der Waals surface area contributed by atoms with Gasteiger partial charge in [0.25, 0.3) is 0 Å². The Morgan fingerprint density at radius 1 is 1.00 bits per heavy atom. The predicted molar refractivity (Wildman–Crippen MR) is 152 cm³/mol. The van der Waals surface area contributed by atoms with Crippen molar-refractivity contribution in [3.05, 3.63) is 100 Å². The fraction of sp³-hybridized carbons (Fsp3) is 0.375. The van der Waals surface area contributed by atoms with Gasteiger partial charge in [0, 0.05) is 18.8 Å². The van der Waals surface area contributed by atoms with Gasteiger partial charge in [0.2, 0.25) is 0 Å². The molecule has 0 aromatic heterocycles. The van der Waals surface area contributed by atoms with Gasteiger partial charge in [0.05, 0.1) is 31.0 Å². The number of hydrogen-bond acceptors (Lipinski definition) is 4. The van der Waals surface area contributed by atoms with E-state index in [-0.39, 0.29) is 24.8 Å². The summed E-state index contributed by atoms with van der Waals surface area (Å²) in [6.45, 7) is 5.14. The van der Waals surface area contributed by atoms with Gasteiger partial charge in [-0.25, -0.2) is 14.0 Å². The highest BCUT2D eigenvalue weighted by Crippen LogP contribution is 2.26. The van der Waals surface area contributed by atoms with E-state index in [9.17, 15) is 19.1 Å². The molecule has 0 radical (unpaired) electrons. The average molecular weight is 549 g/mol. The van der Waals surface area contributed by atoms with Crippen molar-refractivity contribution in [2.45, 2.75) is 64.9 Å². The molecule has 7 nitrogen and oxygen atoms in total. The van der Waals surface area contributed by atoms with Crippen LogP contribution in [0.2, 0.25) is 0 Å². The number of carboxylic acids is 1. The highest BCUT2D eigenvalue weighted by atomic mass is 19.1. The molecule has 1 aliphatic rings. The summed E-state index contributed by atoms with van der Waals surface area (Å²) in [7, 11) is 0. The quantitative estimate of drug-likeness (QED) is 0.278. The molecule has 0 heterocycles. The molecule has 3 aromatic carbocycles. The molecule has 40 heavy (non-hydrogen) atoms. The van der Waals surface area contributed by atoms with Gasteiger partial charge in [-0.2, -0.15) is 0 Å². The molecule has 0 unspecified atom stereocenters. The van der Waals surface area contributed by atoms with Gasteiger partial charge >= 0.3 is 12.0 Å². The van der Waals surface area contributed by atoms with Gasteiger partial charge in [-0.05, 0) is 74.4 Å². The van der Waals surface area contributed by atoms with Crippen LogP contribution in [-0.2, 0) is 22.6 Å². The van der Waals surface area contributed by atoms with E-state index in [4.69, 9.17) is 9.47 Å². The van der Waals surface area contributed by atoms with E-state index in [2.05, 4.69) is 5.32 Å². The molecular formula is C32H37FN2O5. The molecule has 0 bridgehead atoms. The van der Waals surface area contributed by atoms with Crippen molar-refractivity contribution in [1.29, 1.82) is 0 Å². The highest BCUT2D eigenvalue weighted by molar-refractivity contribution is 5.91. The number of benzene rings is 3. The lowest BCUT2D eigenvalue weighted by molar-refractivity contribution is -0.0524. The van der Waals surface area contributed by atoms with E-state index < -0.39 is 11.8 Å². The number of ether oxygens (including phenoxy) is 2. The molecule has 212 valence electrons. The molecule has 2 amide bonds. The first-order valence-electron chi connectivity index (χ1n) is 13.7. The van der Waals surface area contributed by atoms with Crippen molar-refractivity contribution in [3.63, 3.8) is 0 Å². The Kier molecular flexibility index (Phi) is 10.3. The number of halogens is 1. The minimum atomic E-state index is -0.946. The lowest BCUT2D eigenvalue weighted by Gasteiger charge is -2.30. The molecule has 1 aliphatic carbocycles. The standard InChI is InChI=1S/C32H37FN2O5/c1-22-7-3-9-24(17-22)20-35(32(38)34-27-12-5-11-26(33)18-27)15-16-39-28-13-6-14-29(19-28)40-21-25-10-4-8-23(2)30(25)31(36)37/h3-5,7-12,17-18,28-29H,6,13-16,19-21H2,1-2H3,(H,34,38)(H,36,37)/t28-,29+/m1/s1. The smallest absolute Gasteiger partial charge is 0.336 e. The van der Waals surface area contributed by atoms with Crippen molar-refractivity contribution in [1.82, 2.24) is 4.90 Å². The molecule has 0 spiro atoms. The summed E-state index contributed by atoms with van der Waals surface area (Å²) < 4.78 is 26.0. The van der Waals surface area contributed by atoms with Crippen LogP contribution in [0.5, 0.6) is 0 Å². The Labute approximate surface area is 234 Å². The molecule has 0 saturated heterocycles. The summed E-state index contributed by atoms with van der Waals surface area (Å²) in [6, 6.07) is 18.9. The first kappa shape index (κ1) is 29.2. The summed E-state index contributed by atoms with van der Waals surface area (Å²) in [5, 5.41) is 12.4. The summed E-state index contributed by atoms with van der Waals surface area (Å²) >= 11 is 0. The van der Waals surface area contributed by atoms with Crippen LogP contribution >= 0.6 is 0 Å². The van der Waals surface area contributed by atoms with E-state index in [1.165, 1.54) is 12.1 Å². The van der Waals surface area contributed by atoms with E-state index in [0.29, 0.717) is 42.9 Å². The van der Waals surface area contributed by atoms with Crippen molar-refractivity contribution in [3.8, 4) is 0 Å². The Hall–Kier alpha value is -3.75. The molecule has 2 N–H and O–H groups in total. The number of rotatable bonds is 11. The maximum absolute atomic E-state index is 13.7. The summed E-state index contributed by atoms with van der Waals surface area (Å²) in [4.78, 5) is 26.5. The van der Waals surface area contributed by atoms with Crippen LogP contribution in [-0.4, -0.2) is 47.4 Å². The minimum Gasteiger partial charge on any atom is -0.478 e. The number of carboxylic acid groups (broad SMARTS) is 1. The number of amides is 2. The Balaban J connectivity index is 1.32. The maximum atomic E-state index is 13.7. The van der Waals surface area contributed by atoms with Gasteiger partial charge < -0.3 is 24.8 Å². The third-order valence-corrected chi connectivity index (χ3v) is 7.16. The number of anilines is 1. The van der Waals surface area contributed by atoms with Crippen LogP contribution in [0.25, 0.3) is 0 Å². The SMILES string of the molecule is Cc1cccc(CN(CCO[C@@H]2CCC[C@H](OCc3cccc(C)c3C(=O)O)C2)C(=O)Nc2cccc(F)c2)c1. The number of nitrogens with zero attached hydrogens (tertiary/aromatic N) is 1. The van der Waals surface area contributed by atoms with Gasteiger partial charge in [0.1, 0.15) is 5.82 Å². The second-order valence-electron chi connectivity index (χ2n) is 10.4. The van der Waals surface area contributed by atoms with E-state index in [1.54, 1.807) is 36.1 Å². The monoisotopic (exact) mass is 548 g/mol. The van der Waals surface area contributed by atoms with Crippen LogP contribution < -0.4 is 5.32 Å². The largest absolute Gasteiger partial charge is 0.478 e. The summed E-state index contributed by atoms with van der Waals surface area (Å²) in [6.07, 6.45) is 3.41. The molecule has 2 atom stereocenters. The van der Waals surface area contributed by atoms with Crippen LogP contribution in [0.4, 0.5) is 14.9 Å². The van der Waals surface area contributed by atoms with Crippen LogP contribution in [0, 0.1) is 19.7 Å². The molecule has 0 aliphatic heterocycles. The fourth-order valence-electron chi connectivity index (χ4n) is 5.15. The number of urea groups is 1. The highest BCUT2D eigenvalue weighted by Gasteiger charge is 2.25. The number of aryl methyl sites for hydroxylation is 2. The summed E-state index contributed by atoms with van der Waals surface area (Å²) in [5.74, 6) is -1.36. The van der Waals surface area contributed by atoms with Crippen molar-refractivity contribution < 1.29 is 28.6 Å². The van der Waals surface area contributed by atoms with Crippen LogP contribution in [0.1, 0.15) is 58.3 Å². The molecule has 1 saturated carbocycles. The second-order valence-corrected chi connectivity index (χ2v) is 10.4. The zero-order valence-corrected chi connectivity index (χ0v) is 23.1. The number of aromatic carboxylic acids is 1. The minimum absolute atomic E-state index is 0.0118. The van der Waals surface area contributed by atoms with Crippen LogP contribution in [0.15, 0.2) is 66.7 Å². The Morgan fingerprint density at radius 3 is 2.50 bits per heavy atom. The maximum Gasteiger partial charge on any atom is 0.336 e. The number of hydrogen-bond donors (Lipinski definition) is 2. The number of carbonyl (C=O) groups is 2. The van der Waals surface area contributed by atoms with Crippen molar-refractivity contribution in [2.75, 3.05) is 18.5 Å². The lowest BCUT2D eigenvalue weighted by Crippen LogP contribution is -2.38. The Morgan fingerprint density at radius 2 is 1.75 bits per heavy atom. The van der Waals surface area contributed by atoms with Crippen molar-refractivity contribution >= 4 is 17.7 Å². The third-order valence-electron chi connectivity index (χ3n) is 7.16. The lowest BCUT2D eigenvalue weighted by atomic mass is 9.94. The zero-order chi connectivity index (χ0) is 28.5. The number of nitrogens with one attached hydrogen (secondary N) is 1. The topological polar surface area (TPSA) is 88.1 Å². The fourth-order valence-corrected chi connectivity index (χ4v) is 5.15. The molecular weight excluding hydrogens is 511 g/mol. The van der Waals surface area contributed by atoms with Crippen molar-refractivity contribution in [2.24, 2.45) is 0 Å². The second kappa shape index (κ2) is 14.1. The Bertz CT molecular complexity index is 1310. The van der Waals surface area contributed by atoms with E-state index >= 15 is 0 Å². The molecule has 3 aromatic rings. The normalized spacial score (nSPS) is 16.9. The first-order chi connectivity index (χ1) is 19.3. The van der Waals surface area contributed by atoms with E-state index in [0.717, 1.165) is 36.0 Å². The van der Waals surface area contributed by atoms with Crippen LogP contribution in [0.3, 0.4) is 0 Å². The van der Waals surface area contributed by atoms with E-state index in [1.807, 2.05) is 37.3 Å². The summed E-state index contributed by atoms with van der Waals surface area (Å²) in [5.41, 5.74) is 4.19.